The van der Waals surface area contributed by atoms with Gasteiger partial charge in [-0.05, 0) is 27.4 Å². The molecule has 0 bridgehead atoms. The van der Waals surface area contributed by atoms with E-state index < -0.39 is 0 Å². The lowest BCUT2D eigenvalue weighted by Gasteiger charge is -2.07. The molecule has 1 amide bonds. The number of amides is 1. The van der Waals surface area contributed by atoms with Crippen molar-refractivity contribution in [3.63, 3.8) is 0 Å². The first-order chi connectivity index (χ1) is 10.1. The fourth-order valence-electron chi connectivity index (χ4n) is 2.05. The second kappa shape index (κ2) is 6.13. The number of nitrogens with zero attached hydrogens (tertiary/aromatic N) is 1. The minimum Gasteiger partial charge on any atom is -0.347 e. The first-order valence-electron chi connectivity index (χ1n) is 6.19. The van der Waals surface area contributed by atoms with E-state index in [1.807, 2.05) is 35.7 Å². The Hall–Kier alpha value is -1.43. The summed E-state index contributed by atoms with van der Waals surface area (Å²) in [5.41, 5.74) is 0.533. The van der Waals surface area contributed by atoms with Gasteiger partial charge in [0, 0.05) is 26.3 Å². The maximum Gasteiger partial charge on any atom is 0.253 e. The minimum absolute atomic E-state index is 0.153. The normalized spacial score (nSPS) is 10.8. The lowest BCUT2D eigenvalue weighted by molar-refractivity contribution is 0.0952. The molecule has 106 valence electrons. The zero-order chi connectivity index (χ0) is 14.8. The molecule has 0 aliphatic carbocycles. The van der Waals surface area contributed by atoms with Gasteiger partial charge in [0.05, 0.1) is 12.1 Å². The number of nitrogens with one attached hydrogen (secondary N) is 1. The van der Waals surface area contributed by atoms with Crippen molar-refractivity contribution >= 4 is 55.5 Å². The zero-order valence-corrected chi connectivity index (χ0v) is 13.9. The number of rotatable bonds is 3. The molecule has 3 aromatic rings. The van der Waals surface area contributed by atoms with Gasteiger partial charge < -0.3 is 5.32 Å². The van der Waals surface area contributed by atoms with Crippen LogP contribution in [0.15, 0.2) is 46.4 Å². The van der Waals surface area contributed by atoms with Crippen LogP contribution in [0, 0.1) is 0 Å². The van der Waals surface area contributed by atoms with E-state index in [1.165, 1.54) is 6.20 Å². The van der Waals surface area contributed by atoms with Gasteiger partial charge >= 0.3 is 0 Å². The van der Waals surface area contributed by atoms with Gasteiger partial charge in [0.1, 0.15) is 5.15 Å². The predicted octanol–water partition coefficient (Wildman–Crippen LogP) is 4.64. The van der Waals surface area contributed by atoms with Crippen LogP contribution in [0.2, 0.25) is 5.15 Å². The molecule has 0 fully saturated rings. The van der Waals surface area contributed by atoms with E-state index in [-0.39, 0.29) is 5.91 Å². The molecule has 3 rings (SSSR count). The molecule has 0 saturated heterocycles. The van der Waals surface area contributed by atoms with E-state index in [4.69, 9.17) is 11.6 Å². The van der Waals surface area contributed by atoms with E-state index in [1.54, 1.807) is 11.3 Å². The molecule has 0 aliphatic heterocycles. The number of halogens is 2. The molecule has 2 heterocycles. The highest BCUT2D eigenvalue weighted by molar-refractivity contribution is 9.10. The highest BCUT2D eigenvalue weighted by atomic mass is 79.9. The summed E-state index contributed by atoms with van der Waals surface area (Å²) in [6, 6.07) is 9.48. The van der Waals surface area contributed by atoms with Gasteiger partial charge in [0.2, 0.25) is 0 Å². The molecule has 3 nitrogen and oxygen atoms in total. The lowest BCUT2D eigenvalue weighted by Crippen LogP contribution is -2.22. The summed E-state index contributed by atoms with van der Waals surface area (Å²) < 4.78 is 1.02. The summed E-state index contributed by atoms with van der Waals surface area (Å²) in [7, 11) is 0. The summed E-state index contributed by atoms with van der Waals surface area (Å²) >= 11 is 11.1. The number of benzene rings is 1. The van der Waals surface area contributed by atoms with Crippen molar-refractivity contribution in [2.45, 2.75) is 6.54 Å². The molecule has 1 N–H and O–H groups in total. The molecular formula is C15H10BrClN2OS. The van der Waals surface area contributed by atoms with Crippen molar-refractivity contribution in [2.24, 2.45) is 0 Å². The fourth-order valence-corrected chi connectivity index (χ4v) is 3.65. The second-order valence-electron chi connectivity index (χ2n) is 4.42. The third-order valence-electron chi connectivity index (χ3n) is 3.04. The third kappa shape index (κ3) is 3.10. The van der Waals surface area contributed by atoms with Gasteiger partial charge in [0.25, 0.3) is 5.91 Å². The molecular weight excluding hydrogens is 372 g/mol. The number of thiophene rings is 1. The summed E-state index contributed by atoms with van der Waals surface area (Å²) in [5.74, 6) is -0.153. The summed E-state index contributed by atoms with van der Waals surface area (Å²) in [6.07, 6.45) is 1.52. The van der Waals surface area contributed by atoms with E-state index >= 15 is 0 Å². The van der Waals surface area contributed by atoms with Crippen molar-refractivity contribution in [3.05, 3.63) is 62.0 Å². The van der Waals surface area contributed by atoms with E-state index in [0.29, 0.717) is 17.3 Å². The molecule has 0 aliphatic rings. The van der Waals surface area contributed by atoms with Crippen LogP contribution in [0.3, 0.4) is 0 Å². The van der Waals surface area contributed by atoms with Crippen LogP contribution in [-0.4, -0.2) is 10.9 Å². The monoisotopic (exact) mass is 380 g/mol. The Morgan fingerprint density at radius 3 is 2.81 bits per heavy atom. The second-order valence-corrected chi connectivity index (χ2v) is 6.69. The predicted molar refractivity (Wildman–Crippen MR) is 89.9 cm³/mol. The molecule has 0 spiro atoms. The smallest absolute Gasteiger partial charge is 0.253 e. The fraction of sp³-hybridized carbons (Fsp3) is 0.0667. The topological polar surface area (TPSA) is 42.0 Å². The number of carbonyl (C=O) groups excluding carboxylic acids is 1. The molecule has 2 aromatic heterocycles. The van der Waals surface area contributed by atoms with Crippen LogP contribution >= 0.6 is 38.9 Å². The van der Waals surface area contributed by atoms with Crippen LogP contribution in [0.25, 0.3) is 10.8 Å². The average molecular weight is 382 g/mol. The van der Waals surface area contributed by atoms with Crippen LogP contribution < -0.4 is 5.32 Å². The van der Waals surface area contributed by atoms with E-state index in [2.05, 4.69) is 26.2 Å². The number of carbonyl (C=O) groups is 1. The quantitative estimate of drug-likeness (QED) is 0.671. The molecule has 6 heteroatoms. The Kier molecular flexibility index (Phi) is 4.24. The van der Waals surface area contributed by atoms with E-state index in [0.717, 1.165) is 20.1 Å². The molecule has 21 heavy (non-hydrogen) atoms. The molecule has 0 radical (unpaired) electrons. The van der Waals surface area contributed by atoms with Gasteiger partial charge in [-0.2, -0.15) is 0 Å². The van der Waals surface area contributed by atoms with E-state index in [9.17, 15) is 4.79 Å². The Balaban J connectivity index is 1.86. The Bertz CT molecular complexity index is 818. The van der Waals surface area contributed by atoms with Crippen LogP contribution in [-0.2, 0) is 6.54 Å². The first-order valence-corrected chi connectivity index (χ1v) is 8.24. The average Bonchev–Trinajstić information content (AvgIpc) is 2.91. The standard InChI is InChI=1S/C15H10BrClN2OS/c16-9-5-10(21-8-9)6-19-15(20)13-7-18-14(17)12-4-2-1-3-11(12)13/h1-5,7-8H,6H2,(H,19,20). The van der Waals surface area contributed by atoms with Gasteiger partial charge in [-0.15, -0.1) is 11.3 Å². The number of aromatic nitrogens is 1. The van der Waals surface area contributed by atoms with Gasteiger partial charge in [-0.25, -0.2) is 4.98 Å². The highest BCUT2D eigenvalue weighted by Crippen LogP contribution is 2.24. The van der Waals surface area contributed by atoms with Gasteiger partial charge in [0.15, 0.2) is 0 Å². The maximum absolute atomic E-state index is 12.3. The van der Waals surface area contributed by atoms with Crippen LogP contribution in [0.5, 0.6) is 0 Å². The lowest BCUT2D eigenvalue weighted by atomic mass is 10.1. The van der Waals surface area contributed by atoms with Gasteiger partial charge in [-0.3, -0.25) is 4.79 Å². The third-order valence-corrected chi connectivity index (χ3v) is 5.03. The number of fused-ring (bicyclic) bond motifs is 1. The van der Waals surface area contributed by atoms with Crippen molar-refractivity contribution in [1.29, 1.82) is 0 Å². The van der Waals surface area contributed by atoms with Crippen molar-refractivity contribution in [1.82, 2.24) is 10.3 Å². The van der Waals surface area contributed by atoms with Gasteiger partial charge in [-0.1, -0.05) is 35.9 Å². The zero-order valence-electron chi connectivity index (χ0n) is 10.8. The SMILES string of the molecule is O=C(NCc1cc(Br)cs1)c1cnc(Cl)c2ccccc12. The Morgan fingerprint density at radius 2 is 2.10 bits per heavy atom. The number of pyridine rings is 1. The summed E-state index contributed by atoms with van der Waals surface area (Å²) in [4.78, 5) is 17.5. The number of hydrogen-bond donors (Lipinski definition) is 1. The Morgan fingerprint density at radius 1 is 1.33 bits per heavy atom. The number of hydrogen-bond acceptors (Lipinski definition) is 3. The maximum atomic E-state index is 12.3. The first kappa shape index (κ1) is 14.5. The summed E-state index contributed by atoms with van der Waals surface area (Å²) in [6.45, 7) is 0.492. The molecule has 0 saturated carbocycles. The van der Waals surface area contributed by atoms with Crippen molar-refractivity contribution < 1.29 is 4.79 Å². The molecule has 0 unspecified atom stereocenters. The Labute approximate surface area is 139 Å². The van der Waals surface area contributed by atoms with Crippen LogP contribution in [0.4, 0.5) is 0 Å². The summed E-state index contributed by atoms with van der Waals surface area (Å²) in [5, 5.41) is 6.89. The van der Waals surface area contributed by atoms with Crippen molar-refractivity contribution in [3.8, 4) is 0 Å². The molecule has 1 aromatic carbocycles. The minimum atomic E-state index is -0.153. The van der Waals surface area contributed by atoms with Crippen LogP contribution in [0.1, 0.15) is 15.2 Å². The largest absolute Gasteiger partial charge is 0.347 e. The van der Waals surface area contributed by atoms with Crippen molar-refractivity contribution in [2.75, 3.05) is 0 Å². The highest BCUT2D eigenvalue weighted by Gasteiger charge is 2.12. The molecule has 0 atom stereocenters.